The Balaban J connectivity index is 1.67. The maximum atomic E-state index is 5.45. The Morgan fingerprint density at radius 2 is 2.22 bits per heavy atom. The largest absolute Gasteiger partial charge is 0.378 e. The Morgan fingerprint density at radius 3 is 3.00 bits per heavy atom. The van der Waals surface area contributed by atoms with Gasteiger partial charge in [0.25, 0.3) is 0 Å². The second-order valence-electron chi connectivity index (χ2n) is 5.01. The van der Waals surface area contributed by atoms with Crippen LogP contribution in [-0.2, 0) is 4.74 Å². The third-order valence-electron chi connectivity index (χ3n) is 3.61. The molecule has 1 aliphatic heterocycles. The van der Waals surface area contributed by atoms with Gasteiger partial charge in [-0.3, -0.25) is 0 Å². The molecule has 1 aromatic heterocycles. The summed E-state index contributed by atoms with van der Waals surface area (Å²) in [5, 5.41) is 6.88. The summed E-state index contributed by atoms with van der Waals surface area (Å²) in [7, 11) is 0. The molecule has 1 aliphatic carbocycles. The van der Waals surface area contributed by atoms with Crippen LogP contribution in [0.5, 0.6) is 0 Å². The maximum absolute atomic E-state index is 5.45. The van der Waals surface area contributed by atoms with E-state index < -0.39 is 0 Å². The fraction of sp³-hybridized carbons (Fsp3) is 0.692. The van der Waals surface area contributed by atoms with Crippen LogP contribution >= 0.6 is 0 Å². The van der Waals surface area contributed by atoms with Crippen LogP contribution in [0.1, 0.15) is 37.5 Å². The molecule has 0 bridgehead atoms. The number of ether oxygens (including phenoxy) is 1. The quantitative estimate of drug-likeness (QED) is 0.848. The number of morpholine rings is 1. The number of hydrogen-bond donors (Lipinski definition) is 2. The number of anilines is 1. The number of nitrogens with one attached hydrogen (secondary N) is 2. The lowest BCUT2D eigenvalue weighted by Gasteiger charge is -2.23. The van der Waals surface area contributed by atoms with E-state index in [2.05, 4.69) is 20.6 Å². The lowest BCUT2D eigenvalue weighted by Crippen LogP contribution is -2.35. The summed E-state index contributed by atoms with van der Waals surface area (Å²) in [5.74, 6) is 1.77. The van der Waals surface area contributed by atoms with Gasteiger partial charge in [0.2, 0.25) is 0 Å². The van der Waals surface area contributed by atoms with Crippen molar-refractivity contribution in [2.24, 2.45) is 0 Å². The van der Waals surface area contributed by atoms with Gasteiger partial charge in [0.1, 0.15) is 11.6 Å². The molecule has 1 aromatic rings. The van der Waals surface area contributed by atoms with E-state index in [0.717, 1.165) is 24.8 Å². The first-order valence-electron chi connectivity index (χ1n) is 6.82. The van der Waals surface area contributed by atoms with Gasteiger partial charge in [-0.2, -0.15) is 0 Å². The Kier molecular flexibility index (Phi) is 3.71. The topological polar surface area (TPSA) is 59.1 Å². The Labute approximate surface area is 107 Å². The number of aromatic nitrogens is 2. The summed E-state index contributed by atoms with van der Waals surface area (Å²) >= 11 is 0. The van der Waals surface area contributed by atoms with Gasteiger partial charge in [0.15, 0.2) is 0 Å². The molecule has 2 heterocycles. The monoisotopic (exact) mass is 248 g/mol. The minimum atomic E-state index is 0.129. The third-order valence-corrected chi connectivity index (χ3v) is 3.61. The van der Waals surface area contributed by atoms with Crippen LogP contribution in [0.2, 0.25) is 0 Å². The van der Waals surface area contributed by atoms with Crippen molar-refractivity contribution in [2.45, 2.75) is 37.8 Å². The minimum absolute atomic E-state index is 0.129. The summed E-state index contributed by atoms with van der Waals surface area (Å²) in [6.07, 6.45) is 6.99. The normalized spacial score (nSPS) is 25.2. The molecule has 1 saturated carbocycles. The maximum Gasteiger partial charge on any atom is 0.149 e. The van der Waals surface area contributed by atoms with Crippen molar-refractivity contribution in [3.8, 4) is 0 Å². The fourth-order valence-electron chi connectivity index (χ4n) is 2.63. The molecule has 0 spiro atoms. The van der Waals surface area contributed by atoms with Crippen LogP contribution in [0.4, 0.5) is 5.82 Å². The van der Waals surface area contributed by atoms with Crippen molar-refractivity contribution in [1.82, 2.24) is 15.3 Å². The zero-order chi connectivity index (χ0) is 12.2. The average Bonchev–Trinajstić information content (AvgIpc) is 2.93. The summed E-state index contributed by atoms with van der Waals surface area (Å²) in [5.41, 5.74) is 0. The smallest absolute Gasteiger partial charge is 0.149 e. The molecule has 0 amide bonds. The highest BCUT2D eigenvalue weighted by molar-refractivity contribution is 5.35. The second kappa shape index (κ2) is 5.63. The van der Waals surface area contributed by atoms with E-state index in [1.807, 2.05) is 12.3 Å². The van der Waals surface area contributed by atoms with Gasteiger partial charge in [-0.1, -0.05) is 12.8 Å². The van der Waals surface area contributed by atoms with Gasteiger partial charge in [0.05, 0.1) is 19.3 Å². The van der Waals surface area contributed by atoms with Crippen LogP contribution in [0.25, 0.3) is 0 Å². The molecule has 5 heteroatoms. The van der Waals surface area contributed by atoms with E-state index in [0.29, 0.717) is 12.6 Å². The number of rotatable bonds is 3. The Hall–Kier alpha value is -1.20. The highest BCUT2D eigenvalue weighted by atomic mass is 16.5. The van der Waals surface area contributed by atoms with E-state index in [-0.39, 0.29) is 6.04 Å². The molecule has 3 rings (SSSR count). The summed E-state index contributed by atoms with van der Waals surface area (Å²) in [6.45, 7) is 2.30. The van der Waals surface area contributed by atoms with Gasteiger partial charge < -0.3 is 15.4 Å². The molecule has 18 heavy (non-hydrogen) atoms. The van der Waals surface area contributed by atoms with Crippen LogP contribution in [-0.4, -0.2) is 35.8 Å². The molecule has 1 atom stereocenters. The molecular formula is C13H20N4O. The lowest BCUT2D eigenvalue weighted by atomic mass is 10.2. The minimum Gasteiger partial charge on any atom is -0.378 e. The first kappa shape index (κ1) is 11.9. The molecule has 2 fully saturated rings. The molecule has 2 aliphatic rings. The van der Waals surface area contributed by atoms with E-state index >= 15 is 0 Å². The van der Waals surface area contributed by atoms with Crippen molar-refractivity contribution < 1.29 is 4.74 Å². The van der Waals surface area contributed by atoms with Gasteiger partial charge in [-0.15, -0.1) is 0 Å². The number of nitrogens with zero attached hydrogens (tertiary/aromatic N) is 2. The standard InChI is InChI=1S/C13H20N4O/c1-2-4-10(3-1)16-12-5-6-15-13(17-12)11-9-18-8-7-14-11/h5-6,10-11,14H,1-4,7-9H2,(H,15,16,17)/t11-/m1/s1. The number of hydrogen-bond acceptors (Lipinski definition) is 5. The molecule has 5 nitrogen and oxygen atoms in total. The molecule has 0 unspecified atom stereocenters. The molecule has 2 N–H and O–H groups in total. The van der Waals surface area contributed by atoms with Crippen molar-refractivity contribution in [2.75, 3.05) is 25.1 Å². The van der Waals surface area contributed by atoms with Crippen LogP contribution < -0.4 is 10.6 Å². The predicted octanol–water partition coefficient (Wildman–Crippen LogP) is 1.49. The first-order chi connectivity index (χ1) is 8.92. The van der Waals surface area contributed by atoms with Gasteiger partial charge in [-0.25, -0.2) is 9.97 Å². The Bertz CT molecular complexity index is 386. The van der Waals surface area contributed by atoms with Crippen molar-refractivity contribution in [1.29, 1.82) is 0 Å². The van der Waals surface area contributed by atoms with E-state index in [9.17, 15) is 0 Å². The SMILES string of the molecule is c1cc(NC2CCCC2)nc([C@H]2COCCN2)n1. The third kappa shape index (κ3) is 2.79. The predicted molar refractivity (Wildman–Crippen MR) is 69.5 cm³/mol. The molecular weight excluding hydrogens is 228 g/mol. The zero-order valence-electron chi connectivity index (χ0n) is 10.6. The van der Waals surface area contributed by atoms with Gasteiger partial charge >= 0.3 is 0 Å². The summed E-state index contributed by atoms with van der Waals surface area (Å²) in [4.78, 5) is 8.94. The second-order valence-corrected chi connectivity index (χ2v) is 5.01. The van der Waals surface area contributed by atoms with Gasteiger partial charge in [-0.05, 0) is 18.9 Å². The molecule has 0 aromatic carbocycles. The Morgan fingerprint density at radius 1 is 1.33 bits per heavy atom. The molecule has 0 radical (unpaired) electrons. The van der Waals surface area contributed by atoms with Crippen molar-refractivity contribution in [3.63, 3.8) is 0 Å². The lowest BCUT2D eigenvalue weighted by molar-refractivity contribution is 0.0742. The van der Waals surface area contributed by atoms with Crippen molar-refractivity contribution in [3.05, 3.63) is 18.1 Å². The molecule has 98 valence electrons. The van der Waals surface area contributed by atoms with Crippen LogP contribution in [0.3, 0.4) is 0 Å². The molecule has 1 saturated heterocycles. The zero-order valence-corrected chi connectivity index (χ0v) is 10.6. The van der Waals surface area contributed by atoms with Crippen LogP contribution in [0, 0.1) is 0 Å². The fourth-order valence-corrected chi connectivity index (χ4v) is 2.63. The summed E-state index contributed by atoms with van der Waals surface area (Å²) < 4.78 is 5.45. The van der Waals surface area contributed by atoms with E-state index in [4.69, 9.17) is 4.74 Å². The first-order valence-corrected chi connectivity index (χ1v) is 6.82. The van der Waals surface area contributed by atoms with Crippen molar-refractivity contribution >= 4 is 5.82 Å². The van der Waals surface area contributed by atoms with Crippen LogP contribution in [0.15, 0.2) is 12.3 Å². The van der Waals surface area contributed by atoms with Gasteiger partial charge in [0, 0.05) is 18.8 Å². The highest BCUT2D eigenvalue weighted by Gasteiger charge is 2.19. The van der Waals surface area contributed by atoms with E-state index in [1.165, 1.54) is 25.7 Å². The average molecular weight is 248 g/mol. The summed E-state index contributed by atoms with van der Waals surface area (Å²) in [6, 6.07) is 2.67. The highest BCUT2D eigenvalue weighted by Crippen LogP contribution is 2.21. The van der Waals surface area contributed by atoms with E-state index in [1.54, 1.807) is 0 Å².